The molecule has 2 atom stereocenters. The van der Waals surface area contributed by atoms with E-state index in [1.165, 1.54) is 0 Å². The maximum absolute atomic E-state index is 12.5. The fourth-order valence-electron chi connectivity index (χ4n) is 2.97. The summed E-state index contributed by atoms with van der Waals surface area (Å²) in [6.45, 7) is 6.00. The highest BCUT2D eigenvalue weighted by atomic mass is 35.5. The highest BCUT2D eigenvalue weighted by Gasteiger charge is 2.38. The van der Waals surface area contributed by atoms with Crippen LogP contribution in [0.4, 0.5) is 0 Å². The second-order valence-electron chi connectivity index (χ2n) is 6.43. The summed E-state index contributed by atoms with van der Waals surface area (Å²) in [7, 11) is 0. The average Bonchev–Trinajstić information content (AvgIpc) is 2.79. The van der Waals surface area contributed by atoms with Gasteiger partial charge in [0, 0.05) is 11.3 Å². The summed E-state index contributed by atoms with van der Waals surface area (Å²) in [4.78, 5) is 12.5. The smallest absolute Gasteiger partial charge is 0.141 e. The first-order chi connectivity index (χ1) is 8.80. The number of Topliss-reactive ketones (excluding diaryl/α,β-unsaturated/α-hetero) is 1. The van der Waals surface area contributed by atoms with E-state index < -0.39 is 0 Å². The van der Waals surface area contributed by atoms with Crippen molar-refractivity contribution in [2.24, 2.45) is 11.3 Å². The van der Waals surface area contributed by atoms with Crippen molar-refractivity contribution >= 4 is 29.0 Å². The van der Waals surface area contributed by atoms with Gasteiger partial charge in [-0.2, -0.15) is 0 Å². The monoisotopic (exact) mass is 298 g/mol. The molecule has 1 aromatic carbocycles. The van der Waals surface area contributed by atoms with Crippen LogP contribution in [0.1, 0.15) is 51.5 Å². The van der Waals surface area contributed by atoms with Gasteiger partial charge in [0.25, 0.3) is 0 Å². The number of benzene rings is 1. The topological polar surface area (TPSA) is 17.1 Å². The van der Waals surface area contributed by atoms with Gasteiger partial charge in [-0.3, -0.25) is 4.79 Å². The molecule has 104 valence electrons. The summed E-state index contributed by atoms with van der Waals surface area (Å²) in [5.41, 5.74) is 0.873. The van der Waals surface area contributed by atoms with Crippen molar-refractivity contribution in [2.75, 3.05) is 0 Å². The first-order valence-electron chi connectivity index (χ1n) is 6.80. The van der Waals surface area contributed by atoms with Crippen molar-refractivity contribution in [1.82, 2.24) is 0 Å². The molecule has 0 aromatic heterocycles. The van der Waals surface area contributed by atoms with Crippen LogP contribution >= 0.6 is 23.2 Å². The highest BCUT2D eigenvalue weighted by Crippen LogP contribution is 2.44. The predicted molar refractivity (Wildman–Crippen MR) is 81.0 cm³/mol. The van der Waals surface area contributed by atoms with Crippen LogP contribution in [-0.2, 0) is 4.79 Å². The van der Waals surface area contributed by atoms with Gasteiger partial charge in [-0.1, -0.05) is 56.5 Å². The number of carbonyl (C=O) groups is 1. The minimum atomic E-state index is -0.274. The van der Waals surface area contributed by atoms with Crippen molar-refractivity contribution in [3.63, 3.8) is 0 Å². The third-order valence-electron chi connectivity index (χ3n) is 3.96. The Morgan fingerprint density at radius 2 is 1.84 bits per heavy atom. The summed E-state index contributed by atoms with van der Waals surface area (Å²) in [5.74, 6) is 0.778. The molecule has 1 aliphatic carbocycles. The van der Waals surface area contributed by atoms with Gasteiger partial charge in [0.2, 0.25) is 0 Å². The molecule has 1 fully saturated rings. The van der Waals surface area contributed by atoms with Gasteiger partial charge in [-0.15, -0.1) is 0 Å². The van der Waals surface area contributed by atoms with Crippen LogP contribution in [0.2, 0.25) is 10.0 Å². The van der Waals surface area contributed by atoms with Crippen LogP contribution in [0, 0.1) is 11.3 Å². The summed E-state index contributed by atoms with van der Waals surface area (Å²) in [6, 6.07) is 5.76. The number of halogens is 2. The van der Waals surface area contributed by atoms with E-state index in [2.05, 4.69) is 0 Å². The molecule has 1 aromatic rings. The summed E-state index contributed by atoms with van der Waals surface area (Å²) in [6.07, 6.45) is 3.16. The van der Waals surface area contributed by atoms with Gasteiger partial charge >= 0.3 is 0 Å². The van der Waals surface area contributed by atoms with Crippen LogP contribution in [0.15, 0.2) is 18.2 Å². The Labute approximate surface area is 125 Å². The average molecular weight is 299 g/mol. The normalized spacial score (nSPS) is 23.6. The molecule has 0 N–H and O–H groups in total. The van der Waals surface area contributed by atoms with Crippen molar-refractivity contribution in [1.29, 1.82) is 0 Å². The lowest BCUT2D eigenvalue weighted by Crippen LogP contribution is -2.29. The number of ketones is 1. The molecule has 2 rings (SSSR count). The van der Waals surface area contributed by atoms with Gasteiger partial charge in [-0.25, -0.2) is 0 Å². The van der Waals surface area contributed by atoms with E-state index in [1.54, 1.807) is 0 Å². The lowest BCUT2D eigenvalue weighted by molar-refractivity contribution is -0.130. The van der Waals surface area contributed by atoms with E-state index in [4.69, 9.17) is 23.2 Å². The SMILES string of the molecule is CC(C)(C)C(=O)[C@H]1CCC[C@@H]1c1ccc(Cl)c(Cl)c1. The van der Waals surface area contributed by atoms with Crippen molar-refractivity contribution in [3.05, 3.63) is 33.8 Å². The Morgan fingerprint density at radius 1 is 1.16 bits per heavy atom. The quantitative estimate of drug-likeness (QED) is 0.705. The zero-order chi connectivity index (χ0) is 14.2. The zero-order valence-corrected chi connectivity index (χ0v) is 13.2. The Morgan fingerprint density at radius 3 is 2.42 bits per heavy atom. The van der Waals surface area contributed by atoms with E-state index in [0.717, 1.165) is 24.8 Å². The van der Waals surface area contributed by atoms with Crippen LogP contribution in [0.3, 0.4) is 0 Å². The highest BCUT2D eigenvalue weighted by molar-refractivity contribution is 6.42. The largest absolute Gasteiger partial charge is 0.299 e. The van der Waals surface area contributed by atoms with E-state index in [1.807, 2.05) is 39.0 Å². The first-order valence-corrected chi connectivity index (χ1v) is 7.55. The molecule has 0 heterocycles. The molecule has 0 amide bonds. The lowest BCUT2D eigenvalue weighted by atomic mass is 9.76. The van der Waals surface area contributed by atoms with E-state index in [-0.39, 0.29) is 11.3 Å². The van der Waals surface area contributed by atoms with E-state index in [9.17, 15) is 4.79 Å². The Bertz CT molecular complexity index is 488. The van der Waals surface area contributed by atoms with Gasteiger partial charge in [-0.05, 0) is 36.5 Å². The fourth-order valence-corrected chi connectivity index (χ4v) is 3.28. The van der Waals surface area contributed by atoms with Gasteiger partial charge in [0.15, 0.2) is 0 Å². The third-order valence-corrected chi connectivity index (χ3v) is 4.70. The summed E-state index contributed by atoms with van der Waals surface area (Å²) in [5, 5.41) is 1.15. The van der Waals surface area contributed by atoms with Crippen LogP contribution in [0.5, 0.6) is 0 Å². The van der Waals surface area contributed by atoms with Gasteiger partial charge < -0.3 is 0 Å². The van der Waals surface area contributed by atoms with Crippen molar-refractivity contribution < 1.29 is 4.79 Å². The fraction of sp³-hybridized carbons (Fsp3) is 0.562. The minimum Gasteiger partial charge on any atom is -0.299 e. The summed E-state index contributed by atoms with van der Waals surface area (Å²) >= 11 is 12.1. The Kier molecular flexibility index (Phi) is 4.27. The van der Waals surface area contributed by atoms with Gasteiger partial charge in [0.05, 0.1) is 10.0 Å². The molecule has 1 aliphatic rings. The molecule has 0 saturated heterocycles. The molecule has 1 saturated carbocycles. The second kappa shape index (κ2) is 5.46. The molecule has 3 heteroatoms. The standard InChI is InChI=1S/C16H20Cl2O/c1-16(2,3)15(19)12-6-4-5-11(12)10-7-8-13(17)14(18)9-10/h7-9,11-12H,4-6H2,1-3H3/t11-,12+/m1/s1. The Balaban J connectivity index is 2.28. The van der Waals surface area contributed by atoms with Crippen molar-refractivity contribution in [3.8, 4) is 0 Å². The molecular formula is C16H20Cl2O. The second-order valence-corrected chi connectivity index (χ2v) is 7.25. The molecule has 0 bridgehead atoms. The molecule has 19 heavy (non-hydrogen) atoms. The number of rotatable bonds is 2. The van der Waals surface area contributed by atoms with E-state index >= 15 is 0 Å². The molecule has 0 radical (unpaired) electrons. The van der Waals surface area contributed by atoms with Gasteiger partial charge in [0.1, 0.15) is 5.78 Å². The molecule has 0 spiro atoms. The summed E-state index contributed by atoms with van der Waals surface area (Å²) < 4.78 is 0. The maximum atomic E-state index is 12.5. The molecule has 1 nitrogen and oxygen atoms in total. The minimum absolute atomic E-state index is 0.122. The van der Waals surface area contributed by atoms with Crippen LogP contribution in [-0.4, -0.2) is 5.78 Å². The van der Waals surface area contributed by atoms with Crippen LogP contribution in [0.25, 0.3) is 0 Å². The molecule has 0 unspecified atom stereocenters. The third kappa shape index (κ3) is 3.14. The van der Waals surface area contributed by atoms with Crippen molar-refractivity contribution in [2.45, 2.75) is 46.0 Å². The van der Waals surface area contributed by atoms with E-state index in [0.29, 0.717) is 21.7 Å². The Hall–Kier alpha value is -0.530. The number of carbonyl (C=O) groups excluding carboxylic acids is 1. The predicted octanol–water partition coefficient (Wildman–Crippen LogP) is 5.49. The maximum Gasteiger partial charge on any atom is 0.141 e. The zero-order valence-electron chi connectivity index (χ0n) is 11.7. The molecular weight excluding hydrogens is 279 g/mol. The number of hydrogen-bond donors (Lipinski definition) is 0. The molecule has 0 aliphatic heterocycles. The first kappa shape index (κ1) is 14.9. The number of hydrogen-bond acceptors (Lipinski definition) is 1. The lowest BCUT2D eigenvalue weighted by Gasteiger charge is -2.26. The van der Waals surface area contributed by atoms with Crippen LogP contribution < -0.4 is 0 Å².